The predicted molar refractivity (Wildman–Crippen MR) is 73.2 cm³/mol. The van der Waals surface area contributed by atoms with Crippen LogP contribution in [0.2, 0.25) is 0 Å². The molecule has 3 N–H and O–H groups in total. The number of carbonyl (C=O) groups excluding carboxylic acids is 1. The molecule has 21 heavy (non-hydrogen) atoms. The Morgan fingerprint density at radius 1 is 1.38 bits per heavy atom. The van der Waals surface area contributed by atoms with Gasteiger partial charge in [0.25, 0.3) is 5.69 Å². The minimum absolute atomic E-state index is 0.0105. The Hall–Kier alpha value is -2.35. The van der Waals surface area contributed by atoms with E-state index in [4.69, 9.17) is 15.2 Å². The quantitative estimate of drug-likeness (QED) is 0.640. The van der Waals surface area contributed by atoms with Crippen LogP contribution < -0.4 is 20.5 Å². The predicted octanol–water partition coefficient (Wildman–Crippen LogP) is 1.39. The number of hydrogen-bond donors (Lipinski definition) is 2. The van der Waals surface area contributed by atoms with Gasteiger partial charge in [0.1, 0.15) is 5.69 Å². The van der Waals surface area contributed by atoms with E-state index in [0.717, 1.165) is 6.42 Å². The average Bonchev–Trinajstić information content (AvgIpc) is 2.84. The molecule has 8 heteroatoms. The van der Waals surface area contributed by atoms with E-state index in [9.17, 15) is 14.9 Å². The first-order chi connectivity index (χ1) is 10.1. The van der Waals surface area contributed by atoms with Gasteiger partial charge >= 0.3 is 0 Å². The Labute approximate surface area is 120 Å². The van der Waals surface area contributed by atoms with Crippen LogP contribution in [0.25, 0.3) is 0 Å². The van der Waals surface area contributed by atoms with Gasteiger partial charge in [-0.2, -0.15) is 0 Å². The summed E-state index contributed by atoms with van der Waals surface area (Å²) < 4.78 is 10.3. The lowest BCUT2D eigenvalue weighted by molar-refractivity contribution is -0.384. The van der Waals surface area contributed by atoms with Gasteiger partial charge in [-0.3, -0.25) is 14.9 Å². The van der Waals surface area contributed by atoms with Crippen LogP contribution in [0.4, 0.5) is 11.4 Å². The largest absolute Gasteiger partial charge is 0.454 e. The van der Waals surface area contributed by atoms with Crippen LogP contribution in [0.1, 0.15) is 19.3 Å². The summed E-state index contributed by atoms with van der Waals surface area (Å²) in [5.41, 5.74) is 4.95. The lowest BCUT2D eigenvalue weighted by Gasteiger charge is -2.38. The van der Waals surface area contributed by atoms with Gasteiger partial charge in [-0.15, -0.1) is 0 Å². The fourth-order valence-electron chi connectivity index (χ4n) is 2.56. The summed E-state index contributed by atoms with van der Waals surface area (Å²) in [4.78, 5) is 22.9. The number of amides is 1. The van der Waals surface area contributed by atoms with Gasteiger partial charge in [0, 0.05) is 12.6 Å². The van der Waals surface area contributed by atoms with E-state index in [0.29, 0.717) is 24.3 Å². The topological polar surface area (TPSA) is 117 Å². The molecule has 1 heterocycles. The highest BCUT2D eigenvalue weighted by atomic mass is 16.7. The molecular weight excluding hydrogens is 278 g/mol. The molecule has 1 saturated carbocycles. The van der Waals surface area contributed by atoms with Gasteiger partial charge in [-0.05, 0) is 12.8 Å². The van der Waals surface area contributed by atoms with Crippen molar-refractivity contribution in [3.63, 3.8) is 0 Å². The van der Waals surface area contributed by atoms with Crippen molar-refractivity contribution in [2.75, 3.05) is 18.7 Å². The number of rotatable bonds is 4. The number of nitro groups is 1. The molecule has 0 bridgehead atoms. The minimum atomic E-state index is -0.607. The molecule has 2 aliphatic rings. The maximum atomic E-state index is 12.3. The number of nitro benzene ring substituents is 1. The third kappa shape index (κ3) is 2.17. The standard InChI is InChI=1S/C13H15N3O5/c14-6-13(2-1-3-13)12(17)15-8-4-10-11(21-7-20-10)5-9(8)16(18)19/h4-5H,1-3,6-7,14H2,(H,15,17). The van der Waals surface area contributed by atoms with Crippen LogP contribution in [0.3, 0.4) is 0 Å². The SMILES string of the molecule is NCC1(C(=O)Nc2cc3c(cc2[N+](=O)[O-])OCO3)CCC1. The van der Waals surface area contributed by atoms with E-state index in [1.807, 2.05) is 0 Å². The van der Waals surface area contributed by atoms with E-state index in [1.54, 1.807) is 0 Å². The molecule has 1 aliphatic heterocycles. The van der Waals surface area contributed by atoms with Gasteiger partial charge in [0.05, 0.1) is 16.4 Å². The maximum absolute atomic E-state index is 12.3. The summed E-state index contributed by atoms with van der Waals surface area (Å²) in [5, 5.41) is 13.8. The molecule has 0 spiro atoms. The number of carbonyl (C=O) groups is 1. The fourth-order valence-corrected chi connectivity index (χ4v) is 2.56. The van der Waals surface area contributed by atoms with E-state index >= 15 is 0 Å². The number of nitrogens with one attached hydrogen (secondary N) is 1. The van der Waals surface area contributed by atoms with E-state index in [2.05, 4.69) is 5.32 Å². The number of fused-ring (bicyclic) bond motifs is 1. The number of nitrogens with zero attached hydrogens (tertiary/aromatic N) is 1. The smallest absolute Gasteiger partial charge is 0.296 e. The number of anilines is 1. The number of hydrogen-bond acceptors (Lipinski definition) is 6. The molecule has 8 nitrogen and oxygen atoms in total. The second-order valence-corrected chi connectivity index (χ2v) is 5.27. The highest BCUT2D eigenvalue weighted by Crippen LogP contribution is 2.44. The molecule has 0 aromatic heterocycles. The molecule has 0 saturated heterocycles. The Bertz CT molecular complexity index is 607. The molecule has 1 aromatic carbocycles. The number of ether oxygens (including phenoxy) is 2. The fraction of sp³-hybridized carbons (Fsp3) is 0.462. The first-order valence-corrected chi connectivity index (χ1v) is 6.65. The monoisotopic (exact) mass is 293 g/mol. The van der Waals surface area contributed by atoms with Crippen molar-refractivity contribution in [3.05, 3.63) is 22.2 Å². The summed E-state index contributed by atoms with van der Waals surface area (Å²) in [5.74, 6) is 0.404. The molecule has 1 aliphatic carbocycles. The normalized spacial score (nSPS) is 18.0. The summed E-state index contributed by atoms with van der Waals surface area (Å²) in [6, 6.07) is 2.68. The lowest BCUT2D eigenvalue weighted by Crippen LogP contribution is -2.47. The maximum Gasteiger partial charge on any atom is 0.296 e. The van der Waals surface area contributed by atoms with Crippen LogP contribution in [-0.4, -0.2) is 24.2 Å². The minimum Gasteiger partial charge on any atom is -0.454 e. The molecule has 1 amide bonds. The number of benzene rings is 1. The third-order valence-corrected chi connectivity index (χ3v) is 4.12. The zero-order chi connectivity index (χ0) is 15.0. The summed E-state index contributed by atoms with van der Waals surface area (Å²) in [7, 11) is 0. The average molecular weight is 293 g/mol. The van der Waals surface area contributed by atoms with Crippen LogP contribution in [0, 0.1) is 15.5 Å². The molecule has 1 fully saturated rings. The summed E-state index contributed by atoms with van der Waals surface area (Å²) in [6.45, 7) is 0.244. The van der Waals surface area contributed by atoms with Crippen LogP contribution >= 0.6 is 0 Å². The molecule has 0 radical (unpaired) electrons. The molecule has 112 valence electrons. The third-order valence-electron chi connectivity index (χ3n) is 4.12. The van der Waals surface area contributed by atoms with E-state index < -0.39 is 10.3 Å². The van der Waals surface area contributed by atoms with E-state index in [1.165, 1.54) is 12.1 Å². The second-order valence-electron chi connectivity index (χ2n) is 5.27. The van der Waals surface area contributed by atoms with Crippen molar-refractivity contribution in [2.24, 2.45) is 11.1 Å². The Kier molecular flexibility index (Phi) is 3.17. The van der Waals surface area contributed by atoms with Crippen LogP contribution in [-0.2, 0) is 4.79 Å². The Morgan fingerprint density at radius 2 is 2.05 bits per heavy atom. The molecular formula is C13H15N3O5. The van der Waals surface area contributed by atoms with E-state index in [-0.39, 0.29) is 30.6 Å². The van der Waals surface area contributed by atoms with Crippen molar-refractivity contribution in [1.82, 2.24) is 0 Å². The second kappa shape index (κ2) is 4.88. The first kappa shape index (κ1) is 13.6. The Balaban J connectivity index is 1.91. The van der Waals surface area contributed by atoms with Crippen molar-refractivity contribution in [1.29, 1.82) is 0 Å². The Morgan fingerprint density at radius 3 is 2.57 bits per heavy atom. The summed E-state index contributed by atoms with van der Waals surface area (Å²) >= 11 is 0. The first-order valence-electron chi connectivity index (χ1n) is 6.65. The van der Waals surface area contributed by atoms with Gasteiger partial charge in [-0.1, -0.05) is 6.42 Å². The van der Waals surface area contributed by atoms with Crippen molar-refractivity contribution >= 4 is 17.3 Å². The molecule has 0 atom stereocenters. The van der Waals surface area contributed by atoms with Gasteiger partial charge in [0.2, 0.25) is 12.7 Å². The van der Waals surface area contributed by atoms with Gasteiger partial charge in [0.15, 0.2) is 11.5 Å². The molecule has 3 rings (SSSR count). The van der Waals surface area contributed by atoms with Crippen LogP contribution in [0.5, 0.6) is 11.5 Å². The van der Waals surface area contributed by atoms with Crippen molar-refractivity contribution in [2.45, 2.75) is 19.3 Å². The van der Waals surface area contributed by atoms with Gasteiger partial charge < -0.3 is 20.5 Å². The lowest BCUT2D eigenvalue weighted by atomic mass is 9.68. The molecule has 1 aromatic rings. The highest BCUT2D eigenvalue weighted by Gasteiger charge is 2.43. The van der Waals surface area contributed by atoms with Crippen LogP contribution in [0.15, 0.2) is 12.1 Å². The molecule has 0 unspecified atom stereocenters. The number of nitrogens with two attached hydrogens (primary N) is 1. The zero-order valence-corrected chi connectivity index (χ0v) is 11.3. The van der Waals surface area contributed by atoms with Crippen molar-refractivity contribution < 1.29 is 19.2 Å². The zero-order valence-electron chi connectivity index (χ0n) is 11.3. The highest BCUT2D eigenvalue weighted by molar-refractivity contribution is 5.98. The van der Waals surface area contributed by atoms with Gasteiger partial charge in [-0.25, -0.2) is 0 Å². The summed E-state index contributed by atoms with van der Waals surface area (Å²) in [6.07, 6.45) is 2.34. The van der Waals surface area contributed by atoms with Crippen molar-refractivity contribution in [3.8, 4) is 11.5 Å².